The van der Waals surface area contributed by atoms with Crippen LogP contribution in [0.2, 0.25) is 0 Å². The second kappa shape index (κ2) is 8.81. The number of alkyl halides is 3. The summed E-state index contributed by atoms with van der Waals surface area (Å²) in [5.74, 6) is 0.0519. The van der Waals surface area contributed by atoms with Crippen molar-refractivity contribution in [3.8, 4) is 17.0 Å². The molecular weight excluding hydrogens is 445 g/mol. The number of benzene rings is 2. The molecule has 176 valence electrons. The second-order valence-electron chi connectivity index (χ2n) is 8.25. The van der Waals surface area contributed by atoms with Crippen LogP contribution >= 0.6 is 0 Å². The molecule has 2 aromatic carbocycles. The van der Waals surface area contributed by atoms with Gasteiger partial charge in [-0.15, -0.1) is 0 Å². The van der Waals surface area contributed by atoms with Gasteiger partial charge in [0.1, 0.15) is 11.3 Å². The predicted octanol–water partition coefficient (Wildman–Crippen LogP) is 6.11. The van der Waals surface area contributed by atoms with Gasteiger partial charge < -0.3 is 10.1 Å². The Kier molecular flexibility index (Phi) is 6.03. The van der Waals surface area contributed by atoms with Crippen LogP contribution in [0.5, 0.6) is 5.75 Å². The molecule has 0 radical (unpaired) electrons. The number of fused-ring (bicyclic) bond motifs is 1. The fourth-order valence-electron chi connectivity index (χ4n) is 3.62. The van der Waals surface area contributed by atoms with E-state index in [0.29, 0.717) is 21.5 Å². The van der Waals surface area contributed by atoms with E-state index in [0.717, 1.165) is 23.4 Å². The Morgan fingerprint density at radius 2 is 1.79 bits per heavy atom. The number of halogens is 3. The highest BCUT2D eigenvalue weighted by atomic mass is 19.4. The topological polar surface area (TPSA) is 68.5 Å². The maximum absolute atomic E-state index is 13.9. The molecule has 2 heterocycles. The van der Waals surface area contributed by atoms with Crippen molar-refractivity contribution in [3.63, 3.8) is 0 Å². The monoisotopic (exact) mass is 468 g/mol. The number of aromatic nitrogens is 3. The van der Waals surface area contributed by atoms with Gasteiger partial charge in [-0.05, 0) is 42.2 Å². The van der Waals surface area contributed by atoms with Crippen LogP contribution in [0.4, 0.5) is 18.9 Å². The van der Waals surface area contributed by atoms with Gasteiger partial charge in [-0.3, -0.25) is 4.79 Å². The summed E-state index contributed by atoms with van der Waals surface area (Å²) in [6, 6.07) is 13.3. The predicted molar refractivity (Wildman–Crippen MR) is 123 cm³/mol. The lowest BCUT2D eigenvalue weighted by molar-refractivity contribution is -0.142. The van der Waals surface area contributed by atoms with Crippen molar-refractivity contribution in [3.05, 3.63) is 77.1 Å². The number of methoxy groups -OCH3 is 1. The normalized spacial score (nSPS) is 11.8. The van der Waals surface area contributed by atoms with Crippen LogP contribution in [0.3, 0.4) is 0 Å². The highest BCUT2D eigenvalue weighted by molar-refractivity contribution is 6.09. The zero-order chi connectivity index (χ0) is 24.6. The summed E-state index contributed by atoms with van der Waals surface area (Å²) in [6.45, 7) is 5.90. The summed E-state index contributed by atoms with van der Waals surface area (Å²) in [5, 5.41) is 6.52. The van der Waals surface area contributed by atoms with Crippen molar-refractivity contribution in [2.45, 2.75) is 32.9 Å². The summed E-state index contributed by atoms with van der Waals surface area (Å²) >= 11 is 0. The number of hydrogen-bond acceptors (Lipinski definition) is 4. The molecule has 2 aromatic heterocycles. The third-order valence-corrected chi connectivity index (χ3v) is 5.48. The standard InChI is InChI=1S/C25H23F3N4O2/c1-14(2)16-6-8-17(9-7-16)19-12-22(25(26,27)28)32-23(30-19)18(13-29-32)24(33)31-20-11-15(3)5-10-21(20)34-4/h5-14H,1-4H3,(H,31,33). The van der Waals surface area contributed by atoms with E-state index in [2.05, 4.69) is 15.4 Å². The Morgan fingerprint density at radius 3 is 2.41 bits per heavy atom. The van der Waals surface area contributed by atoms with Crippen LogP contribution in [0, 0.1) is 6.92 Å². The van der Waals surface area contributed by atoms with E-state index in [4.69, 9.17) is 4.74 Å². The third-order valence-electron chi connectivity index (χ3n) is 5.48. The lowest BCUT2D eigenvalue weighted by Crippen LogP contribution is -2.16. The quantitative estimate of drug-likeness (QED) is 0.384. The SMILES string of the molecule is COc1ccc(C)cc1NC(=O)c1cnn2c(C(F)(F)F)cc(-c3ccc(C(C)C)cc3)nc12. The number of carbonyl (C=O) groups is 1. The Hall–Kier alpha value is -3.88. The molecule has 4 aromatic rings. The lowest BCUT2D eigenvalue weighted by Gasteiger charge is -2.13. The molecule has 0 aliphatic carbocycles. The Labute approximate surface area is 194 Å². The number of carbonyl (C=O) groups excluding carboxylic acids is 1. The lowest BCUT2D eigenvalue weighted by atomic mass is 10.0. The molecule has 34 heavy (non-hydrogen) atoms. The van der Waals surface area contributed by atoms with E-state index in [9.17, 15) is 18.0 Å². The summed E-state index contributed by atoms with van der Waals surface area (Å²) < 4.78 is 47.6. The van der Waals surface area contributed by atoms with E-state index in [1.54, 1.807) is 24.3 Å². The number of hydrogen-bond donors (Lipinski definition) is 1. The zero-order valence-electron chi connectivity index (χ0n) is 19.1. The molecule has 1 amide bonds. The van der Waals surface area contributed by atoms with Crippen molar-refractivity contribution in [2.24, 2.45) is 0 Å². The number of rotatable bonds is 5. The minimum atomic E-state index is -4.70. The molecule has 0 fully saturated rings. The molecule has 6 nitrogen and oxygen atoms in total. The molecule has 0 atom stereocenters. The van der Waals surface area contributed by atoms with Gasteiger partial charge in [0.05, 0.1) is 24.7 Å². The third kappa shape index (κ3) is 4.46. The van der Waals surface area contributed by atoms with Crippen LogP contribution < -0.4 is 10.1 Å². The van der Waals surface area contributed by atoms with E-state index >= 15 is 0 Å². The van der Waals surface area contributed by atoms with Crippen molar-refractivity contribution < 1.29 is 22.7 Å². The average molecular weight is 468 g/mol. The van der Waals surface area contributed by atoms with Crippen LogP contribution in [-0.2, 0) is 6.18 Å². The fraction of sp³-hybridized carbons (Fsp3) is 0.240. The number of nitrogens with one attached hydrogen (secondary N) is 1. The zero-order valence-corrected chi connectivity index (χ0v) is 19.1. The first-order valence-corrected chi connectivity index (χ1v) is 10.6. The van der Waals surface area contributed by atoms with E-state index in [1.807, 2.05) is 39.0 Å². The minimum absolute atomic E-state index is 0.0882. The number of aryl methyl sites for hydroxylation is 1. The molecule has 0 bridgehead atoms. The maximum atomic E-state index is 13.9. The summed E-state index contributed by atoms with van der Waals surface area (Å²) in [6.07, 6.45) is -3.62. The highest BCUT2D eigenvalue weighted by Gasteiger charge is 2.36. The largest absolute Gasteiger partial charge is 0.495 e. The molecule has 0 aliphatic rings. The Morgan fingerprint density at radius 1 is 1.09 bits per heavy atom. The van der Waals surface area contributed by atoms with Gasteiger partial charge in [-0.2, -0.15) is 18.3 Å². The van der Waals surface area contributed by atoms with Crippen molar-refractivity contribution in [1.29, 1.82) is 0 Å². The van der Waals surface area contributed by atoms with E-state index in [1.165, 1.54) is 7.11 Å². The number of anilines is 1. The van der Waals surface area contributed by atoms with Crippen LogP contribution in [-0.4, -0.2) is 27.6 Å². The average Bonchev–Trinajstić information content (AvgIpc) is 3.22. The smallest absolute Gasteiger partial charge is 0.433 e. The minimum Gasteiger partial charge on any atom is -0.495 e. The van der Waals surface area contributed by atoms with E-state index < -0.39 is 17.8 Å². The van der Waals surface area contributed by atoms with Gasteiger partial charge in [0.2, 0.25) is 0 Å². The van der Waals surface area contributed by atoms with E-state index in [-0.39, 0.29) is 22.8 Å². The molecule has 1 N–H and O–H groups in total. The first kappa shape index (κ1) is 23.3. The summed E-state index contributed by atoms with van der Waals surface area (Å²) in [7, 11) is 1.46. The highest BCUT2D eigenvalue weighted by Crippen LogP contribution is 2.33. The van der Waals surface area contributed by atoms with Gasteiger partial charge in [0.15, 0.2) is 11.3 Å². The van der Waals surface area contributed by atoms with Gasteiger partial charge in [0.25, 0.3) is 5.91 Å². The molecule has 0 aliphatic heterocycles. The maximum Gasteiger partial charge on any atom is 0.433 e. The molecule has 0 spiro atoms. The van der Waals surface area contributed by atoms with Crippen LogP contribution in [0.25, 0.3) is 16.9 Å². The van der Waals surface area contributed by atoms with Gasteiger partial charge in [0, 0.05) is 5.56 Å². The second-order valence-corrected chi connectivity index (χ2v) is 8.25. The fourth-order valence-corrected chi connectivity index (χ4v) is 3.62. The van der Waals surface area contributed by atoms with Crippen LogP contribution in [0.15, 0.2) is 54.7 Å². The molecular formula is C25H23F3N4O2. The first-order valence-electron chi connectivity index (χ1n) is 10.6. The molecule has 0 saturated carbocycles. The van der Waals surface area contributed by atoms with Crippen molar-refractivity contribution >= 4 is 17.2 Å². The van der Waals surface area contributed by atoms with Crippen molar-refractivity contribution in [2.75, 3.05) is 12.4 Å². The number of ether oxygens (including phenoxy) is 1. The van der Waals surface area contributed by atoms with Gasteiger partial charge in [-0.25, -0.2) is 9.50 Å². The number of nitrogens with zero attached hydrogens (tertiary/aromatic N) is 3. The Balaban J connectivity index is 1.82. The number of amides is 1. The molecule has 0 saturated heterocycles. The van der Waals surface area contributed by atoms with Gasteiger partial charge >= 0.3 is 6.18 Å². The molecule has 0 unspecified atom stereocenters. The summed E-state index contributed by atoms with van der Waals surface area (Å²) in [5.41, 5.74) is 1.62. The van der Waals surface area contributed by atoms with Crippen molar-refractivity contribution in [1.82, 2.24) is 14.6 Å². The summed E-state index contributed by atoms with van der Waals surface area (Å²) in [4.78, 5) is 17.4. The van der Waals surface area contributed by atoms with Crippen LogP contribution in [0.1, 0.15) is 46.9 Å². The molecule has 9 heteroatoms. The molecule has 4 rings (SSSR count). The Bertz CT molecular complexity index is 1360. The van der Waals surface area contributed by atoms with Gasteiger partial charge in [-0.1, -0.05) is 44.2 Å². The first-order chi connectivity index (χ1) is 16.1.